The highest BCUT2D eigenvalue weighted by atomic mass is 32.1. The third-order valence-corrected chi connectivity index (χ3v) is 9.61. The molecular weight excluding hydrogens is 523 g/mol. The average molecular weight is 555 g/mol. The maximum Gasteiger partial charge on any atom is 0.140 e. The van der Waals surface area contributed by atoms with Crippen LogP contribution in [-0.2, 0) is 0 Å². The zero-order chi connectivity index (χ0) is 29.0. The highest BCUT2D eigenvalue weighted by Crippen LogP contribution is 2.48. The fraction of sp³-hybridized carbons (Fsp3) is 0.0500. The number of benzene rings is 7. The van der Waals surface area contributed by atoms with E-state index in [2.05, 4.69) is 144 Å². The van der Waals surface area contributed by atoms with E-state index in [0.717, 1.165) is 16.0 Å². The summed E-state index contributed by atoms with van der Waals surface area (Å²) in [5.41, 5.74) is 12.3. The van der Waals surface area contributed by atoms with Crippen LogP contribution in [0.3, 0.4) is 0 Å². The monoisotopic (exact) mass is 554 g/mol. The molecule has 7 aromatic carbocycles. The van der Waals surface area contributed by atoms with Gasteiger partial charge in [0.1, 0.15) is 7.85 Å². The molecule has 2 heteroatoms. The molecule has 0 N–H and O–H groups in total. The number of thiol groups is 1. The van der Waals surface area contributed by atoms with Crippen LogP contribution in [0.25, 0.3) is 71.8 Å². The Morgan fingerprint density at radius 1 is 0.524 bits per heavy atom. The Kier molecular flexibility index (Phi) is 6.52. The fourth-order valence-electron chi connectivity index (χ4n) is 6.75. The lowest BCUT2D eigenvalue weighted by Crippen LogP contribution is -2.15. The second-order valence-electron chi connectivity index (χ2n) is 11.1. The van der Waals surface area contributed by atoms with Gasteiger partial charge in [0, 0.05) is 10.5 Å². The van der Waals surface area contributed by atoms with Crippen molar-refractivity contribution in [2.24, 2.45) is 0 Å². The number of fused-ring (bicyclic) bond motifs is 3. The van der Waals surface area contributed by atoms with Gasteiger partial charge in [0.15, 0.2) is 0 Å². The quantitative estimate of drug-likeness (QED) is 0.125. The molecule has 0 atom stereocenters. The van der Waals surface area contributed by atoms with Crippen LogP contribution in [0.1, 0.15) is 16.7 Å². The summed E-state index contributed by atoms with van der Waals surface area (Å²) in [5.74, 6) is 0. The third kappa shape index (κ3) is 3.94. The molecule has 7 aromatic rings. The van der Waals surface area contributed by atoms with Crippen molar-refractivity contribution in [1.82, 2.24) is 0 Å². The molecule has 0 unspecified atom stereocenters. The Hall–Kier alpha value is -4.53. The SMILES string of the molecule is Bc1c(C)c(S)c(-c2c3ccccc3c(-c3ccc(-c4ccccc4)c4ccccc34)c3ccccc23)c(C=C)c1C. The summed E-state index contributed by atoms with van der Waals surface area (Å²) in [5, 5.41) is 7.44. The van der Waals surface area contributed by atoms with Gasteiger partial charge >= 0.3 is 0 Å². The first kappa shape index (κ1) is 26.4. The van der Waals surface area contributed by atoms with E-state index in [0.29, 0.717) is 0 Å². The first-order chi connectivity index (χ1) is 20.5. The molecule has 0 heterocycles. The van der Waals surface area contributed by atoms with Crippen LogP contribution in [-0.4, -0.2) is 7.85 Å². The van der Waals surface area contributed by atoms with Crippen molar-refractivity contribution in [3.63, 3.8) is 0 Å². The molecule has 0 aromatic heterocycles. The van der Waals surface area contributed by atoms with Crippen LogP contribution >= 0.6 is 12.6 Å². The van der Waals surface area contributed by atoms with E-state index >= 15 is 0 Å². The molecule has 0 radical (unpaired) electrons. The Balaban J connectivity index is 1.65. The smallest absolute Gasteiger partial charge is 0.140 e. The normalized spacial score (nSPS) is 11.4. The predicted octanol–water partition coefficient (Wildman–Crippen LogP) is 9.95. The molecule has 0 aliphatic carbocycles. The Labute approximate surface area is 254 Å². The predicted molar refractivity (Wildman–Crippen MR) is 190 cm³/mol. The van der Waals surface area contributed by atoms with E-state index in [1.807, 2.05) is 6.08 Å². The van der Waals surface area contributed by atoms with Gasteiger partial charge in [-0.1, -0.05) is 133 Å². The number of hydrogen-bond donors (Lipinski definition) is 1. The summed E-state index contributed by atoms with van der Waals surface area (Å²) in [7, 11) is 2.19. The molecule has 0 amide bonds. The topological polar surface area (TPSA) is 0 Å². The maximum atomic E-state index is 5.16. The van der Waals surface area contributed by atoms with Crippen LogP contribution in [0.2, 0.25) is 0 Å². The van der Waals surface area contributed by atoms with Crippen LogP contribution in [0.4, 0.5) is 0 Å². The molecule has 0 fully saturated rings. The van der Waals surface area contributed by atoms with Crippen LogP contribution < -0.4 is 5.46 Å². The van der Waals surface area contributed by atoms with Gasteiger partial charge in [-0.05, 0) is 90.7 Å². The highest BCUT2D eigenvalue weighted by molar-refractivity contribution is 7.80. The van der Waals surface area contributed by atoms with Crippen LogP contribution in [0, 0.1) is 13.8 Å². The van der Waals surface area contributed by atoms with E-state index in [9.17, 15) is 0 Å². The lowest BCUT2D eigenvalue weighted by atomic mass is 9.78. The van der Waals surface area contributed by atoms with E-state index < -0.39 is 0 Å². The second kappa shape index (κ2) is 10.4. The summed E-state index contributed by atoms with van der Waals surface area (Å²) >= 11 is 5.16. The summed E-state index contributed by atoms with van der Waals surface area (Å²) < 4.78 is 0. The molecule has 0 saturated heterocycles. The molecule has 0 saturated carbocycles. The van der Waals surface area contributed by atoms with Gasteiger partial charge in [-0.3, -0.25) is 0 Å². The van der Waals surface area contributed by atoms with Crippen LogP contribution in [0.5, 0.6) is 0 Å². The van der Waals surface area contributed by atoms with Crippen molar-refractivity contribution >= 4 is 64.3 Å². The van der Waals surface area contributed by atoms with E-state index in [1.165, 1.54) is 76.7 Å². The van der Waals surface area contributed by atoms with Gasteiger partial charge in [-0.2, -0.15) is 0 Å². The van der Waals surface area contributed by atoms with E-state index in [-0.39, 0.29) is 0 Å². The Bertz CT molecular complexity index is 2130. The average Bonchev–Trinajstić information content (AvgIpc) is 3.04. The van der Waals surface area contributed by atoms with Gasteiger partial charge in [-0.15, -0.1) is 12.6 Å². The maximum absolute atomic E-state index is 5.16. The molecule has 200 valence electrons. The molecule has 0 aliphatic rings. The standard InChI is InChI=1S/C40H31BS/c1-4-27-24(2)39(41)25(3)40(42)38(27)37-33-20-12-10-18-31(33)36(32-19-11-13-21-34(32)37)35-23-22-28(26-14-6-5-7-15-26)29-16-8-9-17-30(29)35/h4-23,42H,1,41H2,2-3H3. The van der Waals surface area contributed by atoms with Gasteiger partial charge < -0.3 is 0 Å². The minimum absolute atomic E-state index is 1.02. The summed E-state index contributed by atoms with van der Waals surface area (Å²) in [6.07, 6.45) is 2.00. The molecule has 7 rings (SSSR count). The van der Waals surface area contributed by atoms with Crippen molar-refractivity contribution in [3.05, 3.63) is 139 Å². The molecule has 0 nitrogen and oxygen atoms in total. The van der Waals surface area contributed by atoms with Crippen molar-refractivity contribution < 1.29 is 0 Å². The minimum atomic E-state index is 1.02. The van der Waals surface area contributed by atoms with Gasteiger partial charge in [0.05, 0.1) is 0 Å². The van der Waals surface area contributed by atoms with Crippen LogP contribution in [0.15, 0.2) is 127 Å². The third-order valence-electron chi connectivity index (χ3n) is 9.05. The summed E-state index contributed by atoms with van der Waals surface area (Å²) in [6.45, 7) is 8.63. The highest BCUT2D eigenvalue weighted by Gasteiger charge is 2.23. The van der Waals surface area contributed by atoms with Crippen molar-refractivity contribution in [1.29, 1.82) is 0 Å². The number of hydrogen-bond acceptors (Lipinski definition) is 1. The second-order valence-corrected chi connectivity index (χ2v) is 11.6. The van der Waals surface area contributed by atoms with Crippen molar-refractivity contribution in [3.8, 4) is 33.4 Å². The molecular formula is C40H31BS. The minimum Gasteiger partial charge on any atom is -0.143 e. The van der Waals surface area contributed by atoms with Gasteiger partial charge in [0.25, 0.3) is 0 Å². The summed E-state index contributed by atoms with van der Waals surface area (Å²) in [4.78, 5) is 1.02. The lowest BCUT2D eigenvalue weighted by Gasteiger charge is -2.24. The van der Waals surface area contributed by atoms with Gasteiger partial charge in [0.2, 0.25) is 0 Å². The zero-order valence-corrected chi connectivity index (χ0v) is 25.1. The largest absolute Gasteiger partial charge is 0.143 e. The fourth-order valence-corrected chi connectivity index (χ4v) is 7.15. The molecule has 0 spiro atoms. The van der Waals surface area contributed by atoms with Gasteiger partial charge in [-0.25, -0.2) is 0 Å². The first-order valence-corrected chi connectivity index (χ1v) is 14.9. The molecule has 0 aliphatic heterocycles. The van der Waals surface area contributed by atoms with E-state index in [1.54, 1.807) is 0 Å². The Morgan fingerprint density at radius 2 is 0.976 bits per heavy atom. The Morgan fingerprint density at radius 3 is 1.52 bits per heavy atom. The molecule has 0 bridgehead atoms. The van der Waals surface area contributed by atoms with Crippen molar-refractivity contribution in [2.45, 2.75) is 18.7 Å². The number of rotatable bonds is 4. The zero-order valence-electron chi connectivity index (χ0n) is 24.2. The van der Waals surface area contributed by atoms with Crippen molar-refractivity contribution in [2.75, 3.05) is 0 Å². The summed E-state index contributed by atoms with van der Waals surface area (Å²) in [6, 6.07) is 41.8. The van der Waals surface area contributed by atoms with E-state index in [4.69, 9.17) is 12.6 Å². The lowest BCUT2D eigenvalue weighted by molar-refractivity contribution is 1.30. The molecule has 42 heavy (non-hydrogen) atoms. The first-order valence-electron chi connectivity index (χ1n) is 14.5.